The molecular weight excluding hydrogens is 372 g/mol. The number of nitrogens with zero attached hydrogens (tertiary/aromatic N) is 3. The molecule has 1 aliphatic rings. The summed E-state index contributed by atoms with van der Waals surface area (Å²) in [5.74, 6) is 1.46. The molecule has 1 fully saturated rings. The zero-order chi connectivity index (χ0) is 19.6. The van der Waals surface area contributed by atoms with Crippen molar-refractivity contribution in [3.63, 3.8) is 0 Å². The molecule has 1 aliphatic carbocycles. The van der Waals surface area contributed by atoms with Crippen LogP contribution in [0, 0.1) is 17.2 Å². The number of hydrogen-bond donors (Lipinski definition) is 3. The average Bonchev–Trinajstić information content (AvgIpc) is 2.74. The van der Waals surface area contributed by atoms with Crippen LogP contribution in [0.3, 0.4) is 0 Å². The van der Waals surface area contributed by atoms with Crippen LogP contribution in [-0.2, 0) is 6.42 Å². The molecule has 0 saturated heterocycles. The topological polar surface area (TPSA) is 85.7 Å². The van der Waals surface area contributed by atoms with E-state index in [0.29, 0.717) is 18.2 Å². The van der Waals surface area contributed by atoms with Crippen molar-refractivity contribution in [1.29, 1.82) is 5.26 Å². The van der Waals surface area contributed by atoms with Crippen LogP contribution in [0.1, 0.15) is 43.4 Å². The fraction of sp³-hybridized carbons (Fsp3) is 0.476. The van der Waals surface area contributed by atoms with Crippen molar-refractivity contribution in [2.75, 3.05) is 30.4 Å². The summed E-state index contributed by atoms with van der Waals surface area (Å²) in [5.41, 5.74) is 2.40. The SMILES string of the molecule is N#Cc1cnc(NCNc2ccc(CCNCC3CCCCC3)c(Cl)c2)cn1. The van der Waals surface area contributed by atoms with E-state index in [2.05, 4.69) is 32.0 Å². The predicted octanol–water partition coefficient (Wildman–Crippen LogP) is 4.20. The molecule has 1 heterocycles. The Labute approximate surface area is 171 Å². The van der Waals surface area contributed by atoms with Crippen molar-refractivity contribution in [1.82, 2.24) is 15.3 Å². The number of benzene rings is 1. The molecule has 1 aromatic heterocycles. The lowest BCUT2D eigenvalue weighted by molar-refractivity contribution is 0.343. The van der Waals surface area contributed by atoms with Gasteiger partial charge in [-0.25, -0.2) is 9.97 Å². The van der Waals surface area contributed by atoms with Gasteiger partial charge < -0.3 is 16.0 Å². The van der Waals surface area contributed by atoms with Crippen molar-refractivity contribution in [2.45, 2.75) is 38.5 Å². The molecule has 6 nitrogen and oxygen atoms in total. The van der Waals surface area contributed by atoms with Crippen LogP contribution < -0.4 is 16.0 Å². The van der Waals surface area contributed by atoms with E-state index in [0.717, 1.165) is 41.7 Å². The van der Waals surface area contributed by atoms with Crippen LogP contribution in [0.4, 0.5) is 11.5 Å². The molecule has 1 aromatic carbocycles. The van der Waals surface area contributed by atoms with Gasteiger partial charge in [-0.1, -0.05) is 36.9 Å². The van der Waals surface area contributed by atoms with E-state index < -0.39 is 0 Å². The van der Waals surface area contributed by atoms with E-state index in [4.69, 9.17) is 16.9 Å². The van der Waals surface area contributed by atoms with Gasteiger partial charge in [0.1, 0.15) is 11.9 Å². The Morgan fingerprint density at radius 3 is 2.68 bits per heavy atom. The van der Waals surface area contributed by atoms with Crippen LogP contribution in [0.25, 0.3) is 0 Å². The third kappa shape index (κ3) is 6.36. The van der Waals surface area contributed by atoms with Crippen LogP contribution in [-0.4, -0.2) is 29.7 Å². The molecule has 1 saturated carbocycles. The van der Waals surface area contributed by atoms with Crippen LogP contribution in [0.15, 0.2) is 30.6 Å². The first kappa shape index (κ1) is 20.4. The number of anilines is 2. The quantitative estimate of drug-likeness (QED) is 0.433. The summed E-state index contributed by atoms with van der Waals surface area (Å²) in [6.07, 6.45) is 10.8. The Balaban J connectivity index is 1.38. The number of nitrogens with one attached hydrogen (secondary N) is 3. The van der Waals surface area contributed by atoms with Crippen molar-refractivity contribution in [3.8, 4) is 6.07 Å². The highest BCUT2D eigenvalue weighted by Gasteiger charge is 2.12. The minimum atomic E-state index is 0.300. The standard InChI is InChI=1S/C21H27ClN6/c22-20-10-18(27-15-28-21-14-25-19(11-23)13-26-21)7-6-17(20)8-9-24-12-16-4-2-1-3-5-16/h6-7,10,13-14,16,24,27H,1-5,8-9,12,15H2,(H,26,28). The Morgan fingerprint density at radius 2 is 1.96 bits per heavy atom. The van der Waals surface area contributed by atoms with Crippen molar-refractivity contribution in [3.05, 3.63) is 46.9 Å². The Kier molecular flexibility index (Phi) is 7.89. The van der Waals surface area contributed by atoms with E-state index in [1.807, 2.05) is 18.2 Å². The minimum absolute atomic E-state index is 0.300. The molecule has 0 aliphatic heterocycles. The molecule has 0 spiro atoms. The summed E-state index contributed by atoms with van der Waals surface area (Å²) in [4.78, 5) is 8.09. The van der Waals surface area contributed by atoms with Crippen molar-refractivity contribution in [2.24, 2.45) is 5.92 Å². The van der Waals surface area contributed by atoms with Gasteiger partial charge in [0.15, 0.2) is 5.69 Å². The number of rotatable bonds is 9. The summed E-state index contributed by atoms with van der Waals surface area (Å²) in [5, 5.41) is 19.5. The maximum atomic E-state index is 8.73. The lowest BCUT2D eigenvalue weighted by Gasteiger charge is -2.21. The van der Waals surface area contributed by atoms with Gasteiger partial charge >= 0.3 is 0 Å². The molecule has 0 bridgehead atoms. The van der Waals surface area contributed by atoms with Crippen LogP contribution in [0.5, 0.6) is 0 Å². The molecule has 0 atom stereocenters. The van der Waals surface area contributed by atoms with Gasteiger partial charge in [0.2, 0.25) is 0 Å². The smallest absolute Gasteiger partial charge is 0.158 e. The molecule has 0 amide bonds. The molecule has 3 rings (SSSR count). The first-order valence-corrected chi connectivity index (χ1v) is 10.3. The highest BCUT2D eigenvalue weighted by atomic mass is 35.5. The van der Waals surface area contributed by atoms with Crippen LogP contribution >= 0.6 is 11.6 Å². The third-order valence-corrected chi connectivity index (χ3v) is 5.46. The zero-order valence-electron chi connectivity index (χ0n) is 16.0. The lowest BCUT2D eigenvalue weighted by atomic mass is 9.89. The highest BCUT2D eigenvalue weighted by molar-refractivity contribution is 6.31. The predicted molar refractivity (Wildman–Crippen MR) is 113 cm³/mol. The van der Waals surface area contributed by atoms with Gasteiger partial charge in [0, 0.05) is 10.7 Å². The third-order valence-electron chi connectivity index (χ3n) is 5.11. The minimum Gasteiger partial charge on any atom is -0.368 e. The van der Waals surface area contributed by atoms with Gasteiger partial charge in [-0.05, 0) is 56.0 Å². The van der Waals surface area contributed by atoms with Gasteiger partial charge in [-0.3, -0.25) is 0 Å². The molecule has 2 aromatic rings. The highest BCUT2D eigenvalue weighted by Crippen LogP contribution is 2.23. The zero-order valence-corrected chi connectivity index (χ0v) is 16.8. The molecule has 0 radical (unpaired) electrons. The Hall–Kier alpha value is -2.36. The largest absolute Gasteiger partial charge is 0.368 e. The van der Waals surface area contributed by atoms with Gasteiger partial charge in [0.05, 0.1) is 19.1 Å². The van der Waals surface area contributed by atoms with Gasteiger partial charge in [-0.15, -0.1) is 0 Å². The fourth-order valence-electron chi connectivity index (χ4n) is 3.49. The molecule has 28 heavy (non-hydrogen) atoms. The van der Waals surface area contributed by atoms with E-state index in [1.54, 1.807) is 0 Å². The Morgan fingerprint density at radius 1 is 1.11 bits per heavy atom. The van der Waals surface area contributed by atoms with Crippen LogP contribution in [0.2, 0.25) is 5.02 Å². The lowest BCUT2D eigenvalue weighted by Crippen LogP contribution is -2.26. The summed E-state index contributed by atoms with van der Waals surface area (Å²) >= 11 is 6.45. The first-order chi connectivity index (χ1) is 13.7. The van der Waals surface area contributed by atoms with Gasteiger partial charge in [0.25, 0.3) is 0 Å². The maximum absolute atomic E-state index is 8.73. The second-order valence-electron chi connectivity index (χ2n) is 7.19. The summed E-state index contributed by atoms with van der Waals surface area (Å²) < 4.78 is 0. The van der Waals surface area contributed by atoms with E-state index >= 15 is 0 Å². The second kappa shape index (κ2) is 10.8. The van der Waals surface area contributed by atoms with E-state index in [9.17, 15) is 0 Å². The summed E-state index contributed by atoms with van der Waals surface area (Å²) in [6.45, 7) is 2.57. The summed E-state index contributed by atoms with van der Waals surface area (Å²) in [6, 6.07) is 8.01. The molecule has 3 N–H and O–H groups in total. The maximum Gasteiger partial charge on any atom is 0.158 e. The van der Waals surface area contributed by atoms with Crippen molar-refractivity contribution < 1.29 is 0 Å². The van der Waals surface area contributed by atoms with E-state index in [1.165, 1.54) is 44.5 Å². The number of nitriles is 1. The molecule has 7 heteroatoms. The summed E-state index contributed by atoms with van der Waals surface area (Å²) in [7, 11) is 0. The first-order valence-electron chi connectivity index (χ1n) is 9.93. The monoisotopic (exact) mass is 398 g/mol. The normalized spacial score (nSPS) is 14.4. The molecule has 148 valence electrons. The molecular formula is C21H27ClN6. The van der Waals surface area contributed by atoms with E-state index in [-0.39, 0.29) is 0 Å². The fourth-order valence-corrected chi connectivity index (χ4v) is 3.77. The molecule has 0 unspecified atom stereocenters. The number of hydrogen-bond acceptors (Lipinski definition) is 6. The number of halogens is 1. The number of aromatic nitrogens is 2. The Bertz CT molecular complexity index is 780. The average molecular weight is 399 g/mol. The van der Waals surface area contributed by atoms with Gasteiger partial charge in [-0.2, -0.15) is 5.26 Å². The van der Waals surface area contributed by atoms with Crippen molar-refractivity contribution >= 4 is 23.1 Å². The second-order valence-corrected chi connectivity index (χ2v) is 7.60.